The second kappa shape index (κ2) is 5.91. The molecule has 1 fully saturated rings. The zero-order valence-corrected chi connectivity index (χ0v) is 13.5. The molecule has 1 amide bonds. The van der Waals surface area contributed by atoms with Crippen molar-refractivity contribution in [2.45, 2.75) is 31.7 Å². The Balaban J connectivity index is 1.67. The van der Waals surface area contributed by atoms with Gasteiger partial charge >= 0.3 is 0 Å². The first-order valence-corrected chi connectivity index (χ1v) is 7.96. The maximum atomic E-state index is 13.4. The molecule has 130 valence electrons. The fourth-order valence-corrected chi connectivity index (χ4v) is 2.75. The predicted octanol–water partition coefficient (Wildman–Crippen LogP) is 2.21. The van der Waals surface area contributed by atoms with Gasteiger partial charge in [0.05, 0.1) is 18.4 Å². The van der Waals surface area contributed by atoms with Crippen LogP contribution in [-0.2, 0) is 13.6 Å². The summed E-state index contributed by atoms with van der Waals surface area (Å²) >= 11 is 0. The maximum absolute atomic E-state index is 13.4. The highest BCUT2D eigenvalue weighted by Gasteiger charge is 2.29. The third-order valence-corrected chi connectivity index (χ3v) is 4.34. The van der Waals surface area contributed by atoms with Gasteiger partial charge in [0.15, 0.2) is 5.65 Å². The number of carbonyl (C=O) groups is 1. The van der Waals surface area contributed by atoms with Gasteiger partial charge in [0.1, 0.15) is 11.3 Å². The Hall–Kier alpha value is -2.84. The molecule has 1 aliphatic rings. The zero-order valence-electron chi connectivity index (χ0n) is 13.5. The quantitative estimate of drug-likeness (QED) is 0.768. The number of nitrogens with one attached hydrogen (secondary N) is 1. The van der Waals surface area contributed by atoms with Gasteiger partial charge in [0.25, 0.3) is 12.3 Å². The Morgan fingerprint density at radius 2 is 2.20 bits per heavy atom. The standard InChI is InChI=1S/C16H16F2N6O/c1-23-10(4-5-20-23)7-19-16(25)11-8-21-24-13(14(17)18)6-12(9-2-3-9)22-15(11)24/h4-6,8-9,14H,2-3,7H2,1H3,(H,19,25). The summed E-state index contributed by atoms with van der Waals surface area (Å²) < 4.78 is 29.4. The lowest BCUT2D eigenvalue weighted by Crippen LogP contribution is -2.24. The number of hydrogen-bond donors (Lipinski definition) is 1. The van der Waals surface area contributed by atoms with Crippen LogP contribution in [-0.4, -0.2) is 30.3 Å². The lowest BCUT2D eigenvalue weighted by Gasteiger charge is -2.08. The van der Waals surface area contributed by atoms with Crippen LogP contribution >= 0.6 is 0 Å². The van der Waals surface area contributed by atoms with Gasteiger partial charge in [-0.1, -0.05) is 0 Å². The Morgan fingerprint density at radius 1 is 1.40 bits per heavy atom. The summed E-state index contributed by atoms with van der Waals surface area (Å²) in [4.78, 5) is 16.9. The number of carbonyl (C=O) groups excluding carboxylic acids is 1. The number of amides is 1. The topological polar surface area (TPSA) is 77.1 Å². The molecule has 0 aromatic carbocycles. The third-order valence-electron chi connectivity index (χ3n) is 4.34. The molecule has 25 heavy (non-hydrogen) atoms. The third kappa shape index (κ3) is 2.86. The number of fused-ring (bicyclic) bond motifs is 1. The van der Waals surface area contributed by atoms with Crippen molar-refractivity contribution in [1.82, 2.24) is 29.7 Å². The van der Waals surface area contributed by atoms with E-state index in [1.165, 1.54) is 12.3 Å². The van der Waals surface area contributed by atoms with Crippen LogP contribution in [0.2, 0.25) is 0 Å². The highest BCUT2D eigenvalue weighted by Crippen LogP contribution is 2.40. The summed E-state index contributed by atoms with van der Waals surface area (Å²) in [5, 5.41) is 10.7. The maximum Gasteiger partial charge on any atom is 0.280 e. The molecule has 9 heteroatoms. The monoisotopic (exact) mass is 346 g/mol. The van der Waals surface area contributed by atoms with Crippen LogP contribution in [0.5, 0.6) is 0 Å². The minimum absolute atomic E-state index is 0.169. The summed E-state index contributed by atoms with van der Waals surface area (Å²) in [6.45, 7) is 0.274. The average molecular weight is 346 g/mol. The zero-order chi connectivity index (χ0) is 17.6. The molecule has 0 bridgehead atoms. The number of aryl methyl sites for hydroxylation is 1. The van der Waals surface area contributed by atoms with Crippen LogP contribution in [0.15, 0.2) is 24.5 Å². The predicted molar refractivity (Wildman–Crippen MR) is 84.3 cm³/mol. The van der Waals surface area contributed by atoms with Crippen molar-refractivity contribution in [3.8, 4) is 0 Å². The molecular formula is C16H16F2N6O. The minimum atomic E-state index is -2.69. The second-order valence-corrected chi connectivity index (χ2v) is 6.10. The Labute approximate surface area is 141 Å². The molecule has 0 aliphatic heterocycles. The highest BCUT2D eigenvalue weighted by atomic mass is 19.3. The minimum Gasteiger partial charge on any atom is -0.346 e. The fraction of sp³-hybridized carbons (Fsp3) is 0.375. The van der Waals surface area contributed by atoms with E-state index in [9.17, 15) is 13.6 Å². The van der Waals surface area contributed by atoms with Crippen LogP contribution in [0.1, 0.15) is 52.6 Å². The summed E-state index contributed by atoms with van der Waals surface area (Å²) in [7, 11) is 1.77. The Bertz CT molecular complexity index is 943. The summed E-state index contributed by atoms with van der Waals surface area (Å²) in [5.41, 5.74) is 1.54. The summed E-state index contributed by atoms with van der Waals surface area (Å²) in [5.74, 6) is -0.209. The second-order valence-electron chi connectivity index (χ2n) is 6.10. The van der Waals surface area contributed by atoms with Gasteiger partial charge in [-0.3, -0.25) is 9.48 Å². The van der Waals surface area contributed by atoms with Crippen molar-refractivity contribution >= 4 is 11.6 Å². The molecule has 4 rings (SSSR count). The molecule has 3 aromatic rings. The number of aromatic nitrogens is 5. The van der Waals surface area contributed by atoms with Crippen molar-refractivity contribution in [2.75, 3.05) is 0 Å². The largest absolute Gasteiger partial charge is 0.346 e. The van der Waals surface area contributed by atoms with E-state index in [1.807, 2.05) is 0 Å². The number of nitrogens with zero attached hydrogens (tertiary/aromatic N) is 5. The van der Waals surface area contributed by atoms with E-state index in [0.717, 1.165) is 23.1 Å². The van der Waals surface area contributed by atoms with Crippen LogP contribution < -0.4 is 5.32 Å². The lowest BCUT2D eigenvalue weighted by atomic mass is 10.2. The molecule has 7 nitrogen and oxygen atoms in total. The van der Waals surface area contributed by atoms with Crippen molar-refractivity contribution < 1.29 is 13.6 Å². The number of hydrogen-bond acceptors (Lipinski definition) is 4. The first-order valence-electron chi connectivity index (χ1n) is 7.96. The number of halogens is 2. The van der Waals surface area contributed by atoms with E-state index in [2.05, 4.69) is 20.5 Å². The first kappa shape index (κ1) is 15.7. The van der Waals surface area contributed by atoms with Crippen LogP contribution in [0.4, 0.5) is 8.78 Å². The van der Waals surface area contributed by atoms with Crippen molar-refractivity contribution in [3.63, 3.8) is 0 Å². The van der Waals surface area contributed by atoms with E-state index < -0.39 is 12.3 Å². The highest BCUT2D eigenvalue weighted by molar-refractivity contribution is 5.99. The molecule has 1 aliphatic carbocycles. The number of rotatable bonds is 5. The lowest BCUT2D eigenvalue weighted by molar-refractivity contribution is 0.0951. The van der Waals surface area contributed by atoms with Crippen LogP contribution in [0.3, 0.4) is 0 Å². The fourth-order valence-electron chi connectivity index (χ4n) is 2.75. The van der Waals surface area contributed by atoms with Gasteiger partial charge in [0, 0.05) is 24.9 Å². The van der Waals surface area contributed by atoms with E-state index in [4.69, 9.17) is 0 Å². The van der Waals surface area contributed by atoms with Crippen molar-refractivity contribution in [2.24, 2.45) is 7.05 Å². The van der Waals surface area contributed by atoms with Gasteiger partial charge in [0.2, 0.25) is 0 Å². The van der Waals surface area contributed by atoms with Gasteiger partial charge in [-0.05, 0) is 25.0 Å². The van der Waals surface area contributed by atoms with E-state index in [1.54, 1.807) is 24.0 Å². The van der Waals surface area contributed by atoms with E-state index in [0.29, 0.717) is 5.69 Å². The summed E-state index contributed by atoms with van der Waals surface area (Å²) in [6.07, 6.45) is 2.09. The van der Waals surface area contributed by atoms with Gasteiger partial charge < -0.3 is 5.32 Å². The molecule has 1 N–H and O–H groups in total. The summed E-state index contributed by atoms with van der Waals surface area (Å²) in [6, 6.07) is 3.17. The molecule has 3 heterocycles. The van der Waals surface area contributed by atoms with Crippen molar-refractivity contribution in [3.05, 3.63) is 47.2 Å². The molecule has 0 unspecified atom stereocenters. The van der Waals surface area contributed by atoms with Gasteiger partial charge in [-0.15, -0.1) is 0 Å². The van der Waals surface area contributed by atoms with Gasteiger partial charge in [-0.2, -0.15) is 10.2 Å². The number of alkyl halides is 2. The smallest absolute Gasteiger partial charge is 0.280 e. The molecule has 0 atom stereocenters. The molecule has 3 aromatic heterocycles. The molecule has 0 spiro atoms. The van der Waals surface area contributed by atoms with Crippen molar-refractivity contribution in [1.29, 1.82) is 0 Å². The normalized spacial score (nSPS) is 14.4. The van der Waals surface area contributed by atoms with E-state index >= 15 is 0 Å². The molecule has 1 saturated carbocycles. The first-order chi connectivity index (χ1) is 12.0. The SMILES string of the molecule is Cn1nccc1CNC(=O)c1cnn2c(C(F)F)cc(C3CC3)nc12. The molecule has 0 saturated heterocycles. The average Bonchev–Trinajstić information content (AvgIpc) is 3.23. The van der Waals surface area contributed by atoms with E-state index in [-0.39, 0.29) is 29.4 Å². The Kier molecular flexibility index (Phi) is 3.70. The van der Waals surface area contributed by atoms with Crippen LogP contribution in [0, 0.1) is 0 Å². The Morgan fingerprint density at radius 3 is 2.84 bits per heavy atom. The molecular weight excluding hydrogens is 330 g/mol. The van der Waals surface area contributed by atoms with Crippen LogP contribution in [0.25, 0.3) is 5.65 Å². The van der Waals surface area contributed by atoms with Gasteiger partial charge in [-0.25, -0.2) is 18.3 Å². The molecule has 0 radical (unpaired) electrons.